The molecule has 1 aromatic rings. The second-order valence-electron chi connectivity index (χ2n) is 3.08. The summed E-state index contributed by atoms with van der Waals surface area (Å²) in [6, 6.07) is 1.86. The fourth-order valence-electron chi connectivity index (χ4n) is 0.986. The van der Waals surface area contributed by atoms with Crippen LogP contribution >= 0.6 is 0 Å². The standard InChI is InChI=1S/C9H15N3O2/c1-7(14-3)9(13)10-6-8-4-5-12(2)11-8/h4-5,7H,6H2,1-3H3,(H,10,13). The van der Waals surface area contributed by atoms with E-state index in [0.717, 1.165) is 5.69 Å². The zero-order chi connectivity index (χ0) is 10.6. The molecule has 0 aliphatic heterocycles. The average Bonchev–Trinajstić information content (AvgIpc) is 2.59. The van der Waals surface area contributed by atoms with E-state index < -0.39 is 6.10 Å². The van der Waals surface area contributed by atoms with Gasteiger partial charge in [-0.25, -0.2) is 0 Å². The second kappa shape index (κ2) is 4.76. The minimum atomic E-state index is -0.418. The first-order valence-corrected chi connectivity index (χ1v) is 4.42. The van der Waals surface area contributed by atoms with E-state index in [1.807, 2.05) is 19.3 Å². The van der Waals surface area contributed by atoms with Gasteiger partial charge in [-0.1, -0.05) is 0 Å². The molecule has 0 bridgehead atoms. The number of nitrogens with zero attached hydrogens (tertiary/aromatic N) is 2. The van der Waals surface area contributed by atoms with Crippen LogP contribution in [-0.2, 0) is 23.1 Å². The molecule has 0 saturated carbocycles. The minimum Gasteiger partial charge on any atom is -0.372 e. The molecule has 1 rings (SSSR count). The number of carbonyl (C=O) groups is 1. The Morgan fingerprint density at radius 2 is 2.50 bits per heavy atom. The van der Waals surface area contributed by atoms with Gasteiger partial charge in [0.25, 0.3) is 0 Å². The fraction of sp³-hybridized carbons (Fsp3) is 0.556. The average molecular weight is 197 g/mol. The third kappa shape index (κ3) is 2.85. The lowest BCUT2D eigenvalue weighted by molar-refractivity contribution is -0.130. The molecular weight excluding hydrogens is 182 g/mol. The highest BCUT2D eigenvalue weighted by Gasteiger charge is 2.10. The van der Waals surface area contributed by atoms with E-state index in [1.165, 1.54) is 7.11 Å². The normalized spacial score (nSPS) is 12.5. The van der Waals surface area contributed by atoms with Crippen molar-refractivity contribution < 1.29 is 9.53 Å². The molecule has 0 aliphatic rings. The number of amides is 1. The molecule has 0 aromatic carbocycles. The lowest BCUT2D eigenvalue weighted by atomic mass is 10.3. The smallest absolute Gasteiger partial charge is 0.249 e. The van der Waals surface area contributed by atoms with Crippen molar-refractivity contribution in [2.45, 2.75) is 19.6 Å². The van der Waals surface area contributed by atoms with Gasteiger partial charge in [-0.3, -0.25) is 9.48 Å². The first-order valence-electron chi connectivity index (χ1n) is 4.42. The molecule has 5 heteroatoms. The number of hydrogen-bond donors (Lipinski definition) is 1. The number of ether oxygens (including phenoxy) is 1. The maximum atomic E-state index is 11.3. The van der Waals surface area contributed by atoms with Crippen LogP contribution in [0.3, 0.4) is 0 Å². The van der Waals surface area contributed by atoms with Crippen molar-refractivity contribution in [2.75, 3.05) is 7.11 Å². The van der Waals surface area contributed by atoms with Crippen molar-refractivity contribution in [3.63, 3.8) is 0 Å². The summed E-state index contributed by atoms with van der Waals surface area (Å²) in [6.07, 6.45) is 1.42. The van der Waals surface area contributed by atoms with Gasteiger partial charge < -0.3 is 10.1 Å². The van der Waals surface area contributed by atoms with Gasteiger partial charge in [0, 0.05) is 20.4 Å². The van der Waals surface area contributed by atoms with Crippen LogP contribution < -0.4 is 5.32 Å². The van der Waals surface area contributed by atoms with E-state index >= 15 is 0 Å². The molecule has 1 heterocycles. The van der Waals surface area contributed by atoms with E-state index in [1.54, 1.807) is 11.6 Å². The number of aromatic nitrogens is 2. The third-order valence-electron chi connectivity index (χ3n) is 1.94. The van der Waals surface area contributed by atoms with Crippen molar-refractivity contribution >= 4 is 5.91 Å². The molecule has 0 saturated heterocycles. The van der Waals surface area contributed by atoms with E-state index in [-0.39, 0.29) is 5.91 Å². The highest BCUT2D eigenvalue weighted by molar-refractivity contribution is 5.80. The predicted octanol–water partition coefficient (Wildman–Crippen LogP) is 0.0712. The van der Waals surface area contributed by atoms with Crippen LogP contribution in [-0.4, -0.2) is 28.9 Å². The molecule has 1 unspecified atom stereocenters. The van der Waals surface area contributed by atoms with Crippen molar-refractivity contribution in [3.05, 3.63) is 18.0 Å². The van der Waals surface area contributed by atoms with E-state index in [9.17, 15) is 4.79 Å². The van der Waals surface area contributed by atoms with Gasteiger partial charge in [0.15, 0.2) is 0 Å². The quantitative estimate of drug-likeness (QED) is 0.743. The van der Waals surface area contributed by atoms with Crippen molar-refractivity contribution in [2.24, 2.45) is 7.05 Å². The molecule has 0 spiro atoms. The van der Waals surface area contributed by atoms with Crippen LogP contribution in [0.4, 0.5) is 0 Å². The van der Waals surface area contributed by atoms with Gasteiger partial charge in [0.1, 0.15) is 6.10 Å². The Labute approximate surface area is 83.1 Å². The topological polar surface area (TPSA) is 56.1 Å². The fourth-order valence-corrected chi connectivity index (χ4v) is 0.986. The summed E-state index contributed by atoms with van der Waals surface area (Å²) in [5.41, 5.74) is 0.837. The summed E-state index contributed by atoms with van der Waals surface area (Å²) in [6.45, 7) is 2.14. The van der Waals surface area contributed by atoms with Crippen LogP contribution in [0.5, 0.6) is 0 Å². The summed E-state index contributed by atoms with van der Waals surface area (Å²) in [5, 5.41) is 6.85. The Morgan fingerprint density at radius 1 is 1.79 bits per heavy atom. The van der Waals surface area contributed by atoms with Gasteiger partial charge in [-0.05, 0) is 13.0 Å². The van der Waals surface area contributed by atoms with Crippen molar-refractivity contribution in [3.8, 4) is 0 Å². The number of aryl methyl sites for hydroxylation is 1. The highest BCUT2D eigenvalue weighted by atomic mass is 16.5. The van der Waals surface area contributed by atoms with Crippen molar-refractivity contribution in [1.82, 2.24) is 15.1 Å². The number of methoxy groups -OCH3 is 1. The summed E-state index contributed by atoms with van der Waals surface area (Å²) < 4.78 is 6.56. The first-order chi connectivity index (χ1) is 6.63. The molecule has 0 fully saturated rings. The number of rotatable bonds is 4. The Balaban J connectivity index is 2.37. The maximum Gasteiger partial charge on any atom is 0.249 e. The Morgan fingerprint density at radius 3 is 3.00 bits per heavy atom. The molecule has 1 aromatic heterocycles. The third-order valence-corrected chi connectivity index (χ3v) is 1.94. The predicted molar refractivity (Wildman–Crippen MR) is 51.5 cm³/mol. The molecule has 5 nitrogen and oxygen atoms in total. The Hall–Kier alpha value is -1.36. The van der Waals surface area contributed by atoms with Gasteiger partial charge >= 0.3 is 0 Å². The van der Waals surface area contributed by atoms with Crippen LogP contribution in [0.2, 0.25) is 0 Å². The minimum absolute atomic E-state index is 0.127. The molecule has 78 valence electrons. The number of carbonyl (C=O) groups excluding carboxylic acids is 1. The molecule has 14 heavy (non-hydrogen) atoms. The largest absolute Gasteiger partial charge is 0.372 e. The lowest BCUT2D eigenvalue weighted by Crippen LogP contribution is -2.33. The van der Waals surface area contributed by atoms with Crippen LogP contribution in [0, 0.1) is 0 Å². The summed E-state index contributed by atoms with van der Waals surface area (Å²) in [7, 11) is 3.34. The van der Waals surface area contributed by atoms with Gasteiger partial charge in [-0.15, -0.1) is 0 Å². The molecule has 1 atom stereocenters. The van der Waals surface area contributed by atoms with Crippen LogP contribution in [0.25, 0.3) is 0 Å². The summed E-state index contributed by atoms with van der Waals surface area (Å²) in [4.78, 5) is 11.3. The Bertz CT molecular complexity index is 309. The van der Waals surface area contributed by atoms with E-state index in [4.69, 9.17) is 4.74 Å². The van der Waals surface area contributed by atoms with E-state index in [0.29, 0.717) is 6.54 Å². The summed E-state index contributed by atoms with van der Waals surface area (Å²) in [5.74, 6) is -0.127. The van der Waals surface area contributed by atoms with Crippen LogP contribution in [0.1, 0.15) is 12.6 Å². The number of hydrogen-bond acceptors (Lipinski definition) is 3. The highest BCUT2D eigenvalue weighted by Crippen LogP contribution is 1.94. The van der Waals surface area contributed by atoms with Gasteiger partial charge in [0.05, 0.1) is 12.2 Å². The zero-order valence-corrected chi connectivity index (χ0v) is 8.65. The molecular formula is C9H15N3O2. The second-order valence-corrected chi connectivity index (χ2v) is 3.08. The maximum absolute atomic E-state index is 11.3. The molecule has 0 radical (unpaired) electrons. The summed E-state index contributed by atoms with van der Waals surface area (Å²) >= 11 is 0. The molecule has 0 aliphatic carbocycles. The van der Waals surface area contributed by atoms with Crippen molar-refractivity contribution in [1.29, 1.82) is 0 Å². The van der Waals surface area contributed by atoms with Gasteiger partial charge in [-0.2, -0.15) is 5.10 Å². The number of nitrogens with one attached hydrogen (secondary N) is 1. The zero-order valence-electron chi connectivity index (χ0n) is 8.65. The Kier molecular flexibility index (Phi) is 3.64. The SMILES string of the molecule is COC(C)C(=O)NCc1ccn(C)n1. The molecule has 1 amide bonds. The van der Waals surface area contributed by atoms with E-state index in [2.05, 4.69) is 10.4 Å². The van der Waals surface area contributed by atoms with Crippen LogP contribution in [0.15, 0.2) is 12.3 Å². The monoisotopic (exact) mass is 197 g/mol. The lowest BCUT2D eigenvalue weighted by Gasteiger charge is -2.08. The molecule has 1 N–H and O–H groups in total. The first kappa shape index (κ1) is 10.7. The van der Waals surface area contributed by atoms with Gasteiger partial charge in [0.2, 0.25) is 5.91 Å².